The molecule has 2 N–H and O–H groups in total. The Hall–Kier alpha value is 0.0800. The Bertz CT molecular complexity index is 366. The first-order chi connectivity index (χ1) is 8.97. The molecule has 0 aromatic carbocycles. The van der Waals surface area contributed by atoms with Crippen molar-refractivity contribution in [1.82, 2.24) is 5.32 Å². The van der Waals surface area contributed by atoms with Crippen molar-refractivity contribution in [3.63, 3.8) is 0 Å². The van der Waals surface area contributed by atoms with Gasteiger partial charge in [-0.25, -0.2) is 0 Å². The van der Waals surface area contributed by atoms with Gasteiger partial charge in [0.1, 0.15) is 0 Å². The average Bonchev–Trinajstić information content (AvgIpc) is 2.82. The summed E-state index contributed by atoms with van der Waals surface area (Å²) >= 11 is 0. The highest BCUT2D eigenvalue weighted by Crippen LogP contribution is 2.39. The summed E-state index contributed by atoms with van der Waals surface area (Å²) in [5, 5.41) is 3.41. The zero-order valence-electron chi connectivity index (χ0n) is 10.8. The van der Waals surface area contributed by atoms with Crippen molar-refractivity contribution in [1.29, 1.82) is 0 Å². The van der Waals surface area contributed by atoms with Crippen molar-refractivity contribution in [2.75, 3.05) is 18.1 Å². The van der Waals surface area contributed by atoms with Gasteiger partial charge in [-0.1, -0.05) is 28.0 Å². The quantitative estimate of drug-likeness (QED) is 0.383. The van der Waals surface area contributed by atoms with Crippen molar-refractivity contribution < 1.29 is 17.8 Å². The van der Waals surface area contributed by atoms with Crippen molar-refractivity contribution in [2.45, 2.75) is 43.8 Å². The van der Waals surface area contributed by atoms with E-state index in [2.05, 4.69) is 5.32 Å². The first-order valence-electron chi connectivity index (χ1n) is 6.47. The molecule has 0 aliphatic carbocycles. The van der Waals surface area contributed by atoms with Gasteiger partial charge in [-0.3, -0.25) is 9.35 Å². The fraction of sp³-hybridized carbons (Fsp3) is 0.909. The van der Waals surface area contributed by atoms with E-state index in [1.807, 2.05) is 21.6 Å². The summed E-state index contributed by atoms with van der Waals surface area (Å²) in [5.41, 5.74) is 0. The smallest absolute Gasteiger partial charge is 0.264 e. The molecule has 0 saturated carbocycles. The van der Waals surface area contributed by atoms with Crippen LogP contribution in [0.4, 0.5) is 0 Å². The Morgan fingerprint density at radius 2 is 2.11 bits per heavy atom. The molecule has 1 heterocycles. The van der Waals surface area contributed by atoms with Crippen LogP contribution in [0.25, 0.3) is 0 Å². The standard InChI is InChI=1S/C11H21NO4S3/c13-11(12-7-3-9-19(14,15)16)5-2-1-4-10-6-8-17-18-10/h10H,1-9H2,(H,12,13)(H,14,15,16)/t10-/m0/s1. The summed E-state index contributed by atoms with van der Waals surface area (Å²) in [5.74, 6) is 0.900. The topological polar surface area (TPSA) is 83.5 Å². The number of hydrogen-bond acceptors (Lipinski definition) is 5. The van der Waals surface area contributed by atoms with Gasteiger partial charge >= 0.3 is 0 Å². The maximum Gasteiger partial charge on any atom is 0.264 e. The number of carbonyl (C=O) groups is 1. The van der Waals surface area contributed by atoms with Crippen LogP contribution in [0, 0.1) is 0 Å². The van der Waals surface area contributed by atoms with Gasteiger partial charge in [0.2, 0.25) is 5.91 Å². The third-order valence-electron chi connectivity index (χ3n) is 2.81. The predicted octanol–water partition coefficient (Wildman–Crippen LogP) is 2.09. The minimum atomic E-state index is -3.91. The molecule has 1 fully saturated rings. The minimum absolute atomic E-state index is 0.0382. The Morgan fingerprint density at radius 3 is 2.74 bits per heavy atom. The van der Waals surface area contributed by atoms with Gasteiger partial charge in [0.05, 0.1) is 5.75 Å². The van der Waals surface area contributed by atoms with Crippen LogP contribution in [0.5, 0.6) is 0 Å². The van der Waals surface area contributed by atoms with Crippen molar-refractivity contribution in [3.05, 3.63) is 0 Å². The molecule has 1 rings (SSSR count). The summed E-state index contributed by atoms with van der Waals surface area (Å²) in [4.78, 5) is 11.4. The molecular formula is C11H21NO4S3. The summed E-state index contributed by atoms with van der Waals surface area (Å²) in [6, 6.07) is 0. The molecule has 0 spiro atoms. The molecular weight excluding hydrogens is 306 g/mol. The van der Waals surface area contributed by atoms with Crippen molar-refractivity contribution in [3.8, 4) is 0 Å². The number of unbranched alkanes of at least 4 members (excludes halogenated alkanes) is 1. The average molecular weight is 327 g/mol. The van der Waals surface area contributed by atoms with Gasteiger partial charge < -0.3 is 5.32 Å². The Kier molecular flexibility index (Phi) is 8.20. The monoisotopic (exact) mass is 327 g/mol. The van der Waals surface area contributed by atoms with Crippen LogP contribution in [-0.2, 0) is 14.9 Å². The molecule has 1 saturated heterocycles. The molecule has 1 aliphatic rings. The van der Waals surface area contributed by atoms with Gasteiger partial charge in [0.25, 0.3) is 10.1 Å². The molecule has 5 nitrogen and oxygen atoms in total. The Balaban J connectivity index is 1.92. The summed E-state index contributed by atoms with van der Waals surface area (Å²) in [6.45, 7) is 0.299. The number of rotatable bonds is 9. The van der Waals surface area contributed by atoms with E-state index in [1.165, 1.54) is 18.6 Å². The highest BCUT2D eigenvalue weighted by atomic mass is 33.1. The molecule has 112 valence electrons. The van der Waals surface area contributed by atoms with Gasteiger partial charge in [-0.05, 0) is 25.7 Å². The fourth-order valence-corrected chi connectivity index (χ4v) is 5.33. The van der Waals surface area contributed by atoms with E-state index in [-0.39, 0.29) is 18.1 Å². The minimum Gasteiger partial charge on any atom is -0.356 e. The third-order valence-corrected chi connectivity index (χ3v) is 6.62. The second-order valence-electron chi connectivity index (χ2n) is 4.56. The van der Waals surface area contributed by atoms with Crippen molar-refractivity contribution >= 4 is 37.6 Å². The fourth-order valence-electron chi connectivity index (χ4n) is 1.79. The summed E-state index contributed by atoms with van der Waals surface area (Å²) < 4.78 is 29.4. The van der Waals surface area contributed by atoms with Crippen LogP contribution in [0.2, 0.25) is 0 Å². The number of carbonyl (C=O) groups excluding carboxylic acids is 1. The van der Waals surface area contributed by atoms with Crippen LogP contribution in [0.15, 0.2) is 0 Å². The van der Waals surface area contributed by atoms with Gasteiger partial charge in [0, 0.05) is 24.0 Å². The third kappa shape index (κ3) is 9.59. The van der Waals surface area contributed by atoms with E-state index in [4.69, 9.17) is 4.55 Å². The first-order valence-corrected chi connectivity index (χ1v) is 10.5. The van der Waals surface area contributed by atoms with Crippen LogP contribution < -0.4 is 5.32 Å². The lowest BCUT2D eigenvalue weighted by Crippen LogP contribution is -2.25. The molecule has 0 radical (unpaired) electrons. The normalized spacial score (nSPS) is 19.5. The molecule has 19 heavy (non-hydrogen) atoms. The van der Waals surface area contributed by atoms with Crippen LogP contribution in [-0.4, -0.2) is 42.2 Å². The summed E-state index contributed by atoms with van der Waals surface area (Å²) in [7, 11) is -0.0222. The van der Waals surface area contributed by atoms with E-state index in [9.17, 15) is 13.2 Å². The van der Waals surface area contributed by atoms with Gasteiger partial charge in [0.15, 0.2) is 0 Å². The highest BCUT2D eigenvalue weighted by Gasteiger charge is 2.15. The Labute approximate surface area is 122 Å². The lowest BCUT2D eigenvalue weighted by molar-refractivity contribution is -0.121. The molecule has 0 bridgehead atoms. The van der Waals surface area contributed by atoms with Gasteiger partial charge in [-0.2, -0.15) is 8.42 Å². The van der Waals surface area contributed by atoms with Crippen LogP contribution in [0.1, 0.15) is 38.5 Å². The number of amides is 1. The molecule has 1 aliphatic heterocycles. The van der Waals surface area contributed by atoms with Crippen molar-refractivity contribution in [2.24, 2.45) is 0 Å². The number of nitrogens with one attached hydrogen (secondary N) is 1. The van der Waals surface area contributed by atoms with Gasteiger partial charge in [-0.15, -0.1) is 0 Å². The van der Waals surface area contributed by atoms with Crippen LogP contribution >= 0.6 is 21.6 Å². The molecule has 0 aromatic rings. The zero-order valence-corrected chi connectivity index (χ0v) is 13.3. The molecule has 8 heteroatoms. The highest BCUT2D eigenvalue weighted by molar-refractivity contribution is 8.77. The molecule has 0 aromatic heterocycles. The summed E-state index contributed by atoms with van der Waals surface area (Å²) in [6.07, 6.45) is 5.14. The molecule has 1 atom stereocenters. The lowest BCUT2D eigenvalue weighted by atomic mass is 10.1. The largest absolute Gasteiger partial charge is 0.356 e. The van der Waals surface area contributed by atoms with E-state index >= 15 is 0 Å². The predicted molar refractivity (Wildman–Crippen MR) is 81.0 cm³/mol. The first kappa shape index (κ1) is 17.1. The zero-order chi connectivity index (χ0) is 14.1. The number of hydrogen-bond donors (Lipinski definition) is 2. The molecule has 0 unspecified atom stereocenters. The van der Waals surface area contributed by atoms with E-state index in [1.54, 1.807) is 0 Å². The van der Waals surface area contributed by atoms with E-state index in [0.717, 1.165) is 18.1 Å². The maximum absolute atomic E-state index is 11.4. The van der Waals surface area contributed by atoms with E-state index < -0.39 is 10.1 Å². The second-order valence-corrected chi connectivity index (χ2v) is 8.92. The molecule has 1 amide bonds. The Morgan fingerprint density at radius 1 is 1.32 bits per heavy atom. The van der Waals surface area contributed by atoms with Crippen LogP contribution in [0.3, 0.4) is 0 Å². The SMILES string of the molecule is O=C(CCCC[C@H]1CCSS1)NCCCS(=O)(=O)O. The lowest BCUT2D eigenvalue weighted by Gasteiger charge is -2.07. The van der Waals surface area contributed by atoms with E-state index in [0.29, 0.717) is 13.0 Å². The second kappa shape index (κ2) is 9.10. The maximum atomic E-state index is 11.4.